The number of methoxy groups -OCH3 is 4. The van der Waals surface area contributed by atoms with Crippen LogP contribution in [0.5, 0.6) is 23.0 Å². The van der Waals surface area contributed by atoms with Crippen molar-refractivity contribution in [1.82, 2.24) is 24.8 Å². The normalized spacial score (nSPS) is 17.1. The molecule has 0 saturated carbocycles. The molecular weight excluding hydrogens is 770 g/mol. The molecular formula is C41H44BrN5O6S. The second-order valence-corrected chi connectivity index (χ2v) is 14.6. The zero-order valence-corrected chi connectivity index (χ0v) is 33.3. The maximum absolute atomic E-state index is 12.9. The molecule has 2 aromatic carbocycles. The summed E-state index contributed by atoms with van der Waals surface area (Å²) in [5, 5.41) is 2.81. The van der Waals surface area contributed by atoms with Gasteiger partial charge in [-0.1, -0.05) is 12.1 Å². The Kier molecular flexibility index (Phi) is 13.2. The van der Waals surface area contributed by atoms with Gasteiger partial charge in [-0.3, -0.25) is 14.6 Å². The van der Waals surface area contributed by atoms with E-state index in [1.807, 2.05) is 75.8 Å². The first-order valence-electron chi connectivity index (χ1n) is 17.8. The predicted octanol–water partition coefficient (Wildman–Crippen LogP) is 8.59. The molecule has 3 aromatic heterocycles. The van der Waals surface area contributed by atoms with Crippen molar-refractivity contribution in [1.29, 1.82) is 0 Å². The number of nitrogens with zero attached hydrogens (tertiary/aromatic N) is 5. The topological polar surface area (TPSA) is 116 Å². The molecule has 7 rings (SSSR count). The molecule has 2 atom stereocenters. The summed E-state index contributed by atoms with van der Waals surface area (Å²) in [6.07, 6.45) is 9.88. The third-order valence-electron chi connectivity index (χ3n) is 9.70. The van der Waals surface area contributed by atoms with Gasteiger partial charge >= 0.3 is 0 Å². The van der Waals surface area contributed by atoms with E-state index < -0.39 is 0 Å². The van der Waals surface area contributed by atoms with Crippen LogP contribution in [0.25, 0.3) is 10.7 Å². The fraction of sp³-hybridized carbons (Fsp3) is 0.341. The molecule has 0 aliphatic carbocycles. The SMILES string of the molecule is COc1cccc(OC)c1C1CCCC(=O)N1Cc1ccnc(-c2nccs2)c1.COc1cccc(OC)c1C1CCCC(=O)N1Cc1ccnc(Br)c1. The number of likely N-dealkylation sites (tertiary alicyclic amines) is 2. The van der Waals surface area contributed by atoms with Gasteiger partial charge in [-0.15, -0.1) is 11.3 Å². The summed E-state index contributed by atoms with van der Waals surface area (Å²) in [6.45, 7) is 1.04. The summed E-state index contributed by atoms with van der Waals surface area (Å²) in [5.41, 5.74) is 4.76. The van der Waals surface area contributed by atoms with Gasteiger partial charge in [-0.05, 0) is 101 Å². The van der Waals surface area contributed by atoms with Crippen LogP contribution in [0.2, 0.25) is 0 Å². The standard InChI is InChI=1S/C22H23N3O3S.C19H21BrN2O3/c1-27-18-6-4-7-19(28-2)21(18)17-5-3-8-20(26)25(17)14-15-9-10-23-16(13-15)22-24-11-12-29-22;1-24-15-6-4-7-16(25-2)19(15)14-5-3-8-18(23)22(14)12-13-9-10-21-17(20)11-13/h4,6-7,9-13,17H,3,5,8,14H2,1-2H3;4,6-7,9-11,14H,3,5,8,12H2,1-2H3. The van der Waals surface area contributed by atoms with Gasteiger partial charge in [0.25, 0.3) is 0 Å². The van der Waals surface area contributed by atoms with Crippen molar-refractivity contribution >= 4 is 39.1 Å². The molecule has 0 N–H and O–H groups in total. The van der Waals surface area contributed by atoms with Crippen molar-refractivity contribution in [2.45, 2.75) is 63.7 Å². The minimum Gasteiger partial charge on any atom is -0.496 e. The Hall–Kier alpha value is -5.01. The zero-order valence-electron chi connectivity index (χ0n) is 30.9. The Balaban J connectivity index is 0.000000186. The van der Waals surface area contributed by atoms with Crippen LogP contribution < -0.4 is 18.9 Å². The smallest absolute Gasteiger partial charge is 0.223 e. The predicted molar refractivity (Wildman–Crippen MR) is 211 cm³/mol. The van der Waals surface area contributed by atoms with Crippen molar-refractivity contribution in [3.8, 4) is 33.7 Å². The van der Waals surface area contributed by atoms with E-state index in [0.717, 1.165) is 86.2 Å². The van der Waals surface area contributed by atoms with E-state index in [1.54, 1.807) is 58.4 Å². The van der Waals surface area contributed by atoms with Crippen LogP contribution in [-0.4, -0.2) is 65.0 Å². The third-order valence-corrected chi connectivity index (χ3v) is 10.9. The summed E-state index contributed by atoms with van der Waals surface area (Å²) in [5.74, 6) is 3.28. The fourth-order valence-electron chi connectivity index (χ4n) is 7.23. The van der Waals surface area contributed by atoms with Crippen molar-refractivity contribution in [2.24, 2.45) is 0 Å². The van der Waals surface area contributed by atoms with Gasteiger partial charge in [0, 0.05) is 49.9 Å². The number of benzene rings is 2. The largest absolute Gasteiger partial charge is 0.496 e. The molecule has 0 radical (unpaired) electrons. The molecule has 54 heavy (non-hydrogen) atoms. The van der Waals surface area contributed by atoms with Crippen LogP contribution in [0, 0.1) is 0 Å². The number of ether oxygens (including phenoxy) is 4. The highest BCUT2D eigenvalue weighted by atomic mass is 79.9. The molecule has 2 amide bonds. The molecule has 0 spiro atoms. The van der Waals surface area contributed by atoms with E-state index in [1.165, 1.54) is 0 Å². The monoisotopic (exact) mass is 813 g/mol. The van der Waals surface area contributed by atoms with E-state index in [4.69, 9.17) is 18.9 Å². The Morgan fingerprint density at radius 3 is 1.59 bits per heavy atom. The van der Waals surface area contributed by atoms with Gasteiger partial charge in [0.05, 0.1) is 57.3 Å². The van der Waals surface area contributed by atoms with E-state index in [0.29, 0.717) is 25.9 Å². The molecule has 13 heteroatoms. The second kappa shape index (κ2) is 18.4. The minimum atomic E-state index is -0.0983. The third kappa shape index (κ3) is 8.85. The van der Waals surface area contributed by atoms with Gasteiger partial charge in [0.1, 0.15) is 32.6 Å². The van der Waals surface area contributed by atoms with Crippen LogP contribution >= 0.6 is 27.3 Å². The van der Waals surface area contributed by atoms with Crippen LogP contribution in [-0.2, 0) is 22.7 Å². The summed E-state index contributed by atoms with van der Waals surface area (Å²) in [7, 11) is 6.59. The van der Waals surface area contributed by atoms with Crippen LogP contribution in [0.1, 0.15) is 72.9 Å². The number of aromatic nitrogens is 3. The lowest BCUT2D eigenvalue weighted by molar-refractivity contribution is -0.138. The van der Waals surface area contributed by atoms with Gasteiger partial charge in [-0.25, -0.2) is 9.97 Å². The first kappa shape index (κ1) is 38.7. The first-order chi connectivity index (χ1) is 26.3. The number of piperidine rings is 2. The molecule has 2 saturated heterocycles. The average Bonchev–Trinajstić information content (AvgIpc) is 3.75. The minimum absolute atomic E-state index is 0.0701. The highest BCUT2D eigenvalue weighted by Gasteiger charge is 2.35. The molecule has 2 unspecified atom stereocenters. The molecule has 2 fully saturated rings. The number of thiazole rings is 1. The number of hydrogen-bond donors (Lipinski definition) is 0. The van der Waals surface area contributed by atoms with Crippen molar-refractivity contribution in [2.75, 3.05) is 28.4 Å². The molecule has 5 aromatic rings. The van der Waals surface area contributed by atoms with Crippen LogP contribution in [0.3, 0.4) is 0 Å². The van der Waals surface area contributed by atoms with Gasteiger partial charge in [-0.2, -0.15) is 0 Å². The quantitative estimate of drug-likeness (QED) is 0.121. The maximum Gasteiger partial charge on any atom is 0.223 e. The van der Waals surface area contributed by atoms with Crippen LogP contribution in [0.4, 0.5) is 0 Å². The molecule has 0 bridgehead atoms. The summed E-state index contributed by atoms with van der Waals surface area (Å²) in [6, 6.07) is 19.1. The Morgan fingerprint density at radius 1 is 0.667 bits per heavy atom. The lowest BCUT2D eigenvalue weighted by Gasteiger charge is -2.37. The zero-order chi connectivity index (χ0) is 38.0. The molecule has 282 valence electrons. The Morgan fingerprint density at radius 2 is 1.15 bits per heavy atom. The summed E-state index contributed by atoms with van der Waals surface area (Å²) in [4.78, 5) is 42.4. The van der Waals surface area contributed by atoms with E-state index >= 15 is 0 Å². The Labute approximate surface area is 328 Å². The first-order valence-corrected chi connectivity index (χ1v) is 19.5. The van der Waals surface area contributed by atoms with Gasteiger partial charge in [0.15, 0.2) is 0 Å². The second-order valence-electron chi connectivity index (χ2n) is 12.9. The van der Waals surface area contributed by atoms with Crippen molar-refractivity contribution in [3.05, 3.63) is 111 Å². The van der Waals surface area contributed by atoms with E-state index in [-0.39, 0.29) is 23.9 Å². The molecule has 11 nitrogen and oxygen atoms in total. The number of carbonyl (C=O) groups is 2. The molecule has 2 aliphatic heterocycles. The highest BCUT2D eigenvalue weighted by molar-refractivity contribution is 9.10. The van der Waals surface area contributed by atoms with E-state index in [9.17, 15) is 9.59 Å². The number of halogens is 1. The van der Waals surface area contributed by atoms with Gasteiger partial charge < -0.3 is 28.7 Å². The lowest BCUT2D eigenvalue weighted by Crippen LogP contribution is -2.38. The highest BCUT2D eigenvalue weighted by Crippen LogP contribution is 2.44. The number of pyridine rings is 2. The lowest BCUT2D eigenvalue weighted by atomic mass is 9.92. The average molecular weight is 815 g/mol. The number of carbonyl (C=O) groups excluding carboxylic acids is 2. The molecule has 2 aliphatic rings. The fourth-order valence-corrected chi connectivity index (χ4v) is 8.24. The van der Waals surface area contributed by atoms with E-state index in [2.05, 4.69) is 30.9 Å². The van der Waals surface area contributed by atoms with Crippen molar-refractivity contribution in [3.63, 3.8) is 0 Å². The van der Waals surface area contributed by atoms with Crippen molar-refractivity contribution < 1.29 is 28.5 Å². The number of amides is 2. The maximum atomic E-state index is 12.9. The molecule has 5 heterocycles. The number of hydrogen-bond acceptors (Lipinski definition) is 10. The Bertz CT molecular complexity index is 2000. The summed E-state index contributed by atoms with van der Waals surface area (Å²) < 4.78 is 23.1. The number of rotatable bonds is 11. The summed E-state index contributed by atoms with van der Waals surface area (Å²) >= 11 is 4.94. The van der Waals surface area contributed by atoms with Gasteiger partial charge in [0.2, 0.25) is 11.8 Å². The van der Waals surface area contributed by atoms with Crippen LogP contribution in [0.15, 0.2) is 89.2 Å².